The Morgan fingerprint density at radius 3 is 2.37 bits per heavy atom. The first-order valence-electron chi connectivity index (χ1n) is 13.8. The average molecular weight is 620 g/mol. The maximum Gasteiger partial charge on any atom is 0.389 e. The van der Waals surface area contributed by atoms with Crippen LogP contribution in [0, 0.1) is 5.41 Å². The van der Waals surface area contributed by atoms with E-state index in [1.54, 1.807) is 31.3 Å². The van der Waals surface area contributed by atoms with E-state index >= 15 is 0 Å². The van der Waals surface area contributed by atoms with E-state index in [4.69, 9.17) is 4.74 Å². The fraction of sp³-hybridized carbons (Fsp3) is 0.419. The van der Waals surface area contributed by atoms with Crippen molar-refractivity contribution >= 4 is 21.7 Å². The predicted octanol–water partition coefficient (Wildman–Crippen LogP) is 6.82. The zero-order chi connectivity index (χ0) is 31.6. The van der Waals surface area contributed by atoms with Gasteiger partial charge >= 0.3 is 12.1 Å². The monoisotopic (exact) mass is 619 g/mol. The topological polar surface area (TPSA) is 111 Å². The number of nitrogens with zero attached hydrogens (tertiary/aromatic N) is 2. The van der Waals surface area contributed by atoms with Crippen LogP contribution in [0.5, 0.6) is 0 Å². The summed E-state index contributed by atoms with van der Waals surface area (Å²) < 4.78 is 75.6. The van der Waals surface area contributed by atoms with E-state index < -0.39 is 51.9 Å². The van der Waals surface area contributed by atoms with Crippen molar-refractivity contribution in [2.45, 2.75) is 75.6 Å². The number of esters is 1. The molecule has 0 fully saturated rings. The lowest BCUT2D eigenvalue weighted by molar-refractivity contribution is -0.174. The van der Waals surface area contributed by atoms with Gasteiger partial charge in [0.2, 0.25) is 0 Å². The third-order valence-electron chi connectivity index (χ3n) is 7.49. The Morgan fingerprint density at radius 2 is 1.79 bits per heavy atom. The molecule has 0 amide bonds. The number of rotatable bonds is 10. The molecule has 0 spiro atoms. The summed E-state index contributed by atoms with van der Waals surface area (Å²) in [5, 5.41) is 11.2. The highest BCUT2D eigenvalue weighted by Gasteiger charge is 2.47. The largest absolute Gasteiger partial charge is 0.512 e. The zero-order valence-corrected chi connectivity index (χ0v) is 25.3. The number of carbonyl (C=O) groups is 1. The minimum Gasteiger partial charge on any atom is -0.512 e. The third-order valence-corrected chi connectivity index (χ3v) is 8.76. The molecule has 1 unspecified atom stereocenters. The van der Waals surface area contributed by atoms with Gasteiger partial charge in [0.1, 0.15) is 11.4 Å². The van der Waals surface area contributed by atoms with Crippen LogP contribution in [-0.2, 0) is 33.0 Å². The second kappa shape index (κ2) is 12.1. The molecular weight excluding hydrogens is 583 g/mol. The number of aliphatic hydroxyl groups excluding tert-OH is 1. The maximum atomic E-state index is 13.7. The van der Waals surface area contributed by atoms with Crippen molar-refractivity contribution in [2.24, 2.45) is 12.5 Å². The molecule has 4 rings (SSSR count). The van der Waals surface area contributed by atoms with Crippen LogP contribution in [0.25, 0.3) is 0 Å². The highest BCUT2D eigenvalue weighted by molar-refractivity contribution is 7.92. The van der Waals surface area contributed by atoms with Gasteiger partial charge in [-0.1, -0.05) is 63.2 Å². The number of cyclic esters (lactones) is 1. The van der Waals surface area contributed by atoms with Crippen LogP contribution in [0.3, 0.4) is 0 Å². The van der Waals surface area contributed by atoms with E-state index in [1.807, 2.05) is 51.1 Å². The second-order valence-corrected chi connectivity index (χ2v) is 13.7. The highest BCUT2D eigenvalue weighted by atomic mass is 32.2. The summed E-state index contributed by atoms with van der Waals surface area (Å²) in [6.45, 7) is 5.53. The highest BCUT2D eigenvalue weighted by Crippen LogP contribution is 2.48. The molecule has 1 aliphatic heterocycles. The number of halogens is 3. The number of alkyl halides is 3. The van der Waals surface area contributed by atoms with Gasteiger partial charge in [-0.2, -0.15) is 21.6 Å². The number of benzene rings is 2. The van der Waals surface area contributed by atoms with Crippen LogP contribution >= 0.6 is 0 Å². The molecule has 2 N–H and O–H groups in total. The fourth-order valence-corrected chi connectivity index (χ4v) is 6.53. The lowest BCUT2D eigenvalue weighted by Gasteiger charge is -2.41. The summed E-state index contributed by atoms with van der Waals surface area (Å²) >= 11 is 0. The van der Waals surface area contributed by atoms with Crippen LogP contribution in [0.2, 0.25) is 0 Å². The molecule has 2 heterocycles. The van der Waals surface area contributed by atoms with Gasteiger partial charge < -0.3 is 14.4 Å². The van der Waals surface area contributed by atoms with Gasteiger partial charge in [0.25, 0.3) is 10.0 Å². The van der Waals surface area contributed by atoms with Gasteiger partial charge in [-0.05, 0) is 47.9 Å². The maximum absolute atomic E-state index is 13.7. The molecule has 0 saturated carbocycles. The van der Waals surface area contributed by atoms with Crippen LogP contribution in [0.4, 0.5) is 18.9 Å². The van der Waals surface area contributed by atoms with Crippen LogP contribution in [0.15, 0.2) is 83.5 Å². The molecule has 0 aliphatic carbocycles. The molecule has 1 aliphatic rings. The van der Waals surface area contributed by atoms with Crippen molar-refractivity contribution in [3.8, 4) is 0 Å². The van der Waals surface area contributed by atoms with E-state index in [0.29, 0.717) is 12.0 Å². The van der Waals surface area contributed by atoms with E-state index in [9.17, 15) is 31.5 Å². The first-order chi connectivity index (χ1) is 20.0. The minimum atomic E-state index is -4.47. The summed E-state index contributed by atoms with van der Waals surface area (Å²) in [4.78, 5) is 17.6. The summed E-state index contributed by atoms with van der Waals surface area (Å²) in [6, 6.07) is 15.6. The molecule has 1 aromatic heterocycles. The molecule has 0 radical (unpaired) electrons. The normalized spacial score (nSPS) is 18.8. The predicted molar refractivity (Wildman–Crippen MR) is 156 cm³/mol. The van der Waals surface area contributed by atoms with Gasteiger partial charge in [-0.15, -0.1) is 0 Å². The van der Waals surface area contributed by atoms with Crippen LogP contribution in [-0.4, -0.2) is 40.8 Å². The number of ether oxygens (including phenoxy) is 1. The van der Waals surface area contributed by atoms with Crippen molar-refractivity contribution in [3.05, 3.63) is 89.6 Å². The van der Waals surface area contributed by atoms with E-state index in [0.717, 1.165) is 5.56 Å². The summed E-state index contributed by atoms with van der Waals surface area (Å²) in [7, 11) is -2.36. The number of anilines is 1. The molecular formula is C31H36F3N3O5S. The quantitative estimate of drug-likeness (QED) is 0.241. The van der Waals surface area contributed by atoms with Crippen molar-refractivity contribution < 1.29 is 36.2 Å². The zero-order valence-electron chi connectivity index (χ0n) is 24.5. The number of hydrogen-bond acceptors (Lipinski definition) is 6. The number of carbonyl (C=O) groups excluding carboxylic acids is 1. The average Bonchev–Trinajstić information content (AvgIpc) is 3.35. The Bertz CT molecular complexity index is 1590. The minimum absolute atomic E-state index is 0.0559. The molecule has 8 nitrogen and oxygen atoms in total. The Kier molecular flexibility index (Phi) is 9.01. The number of aryl methyl sites for hydroxylation is 2. The van der Waals surface area contributed by atoms with Crippen LogP contribution in [0.1, 0.15) is 63.5 Å². The van der Waals surface area contributed by atoms with E-state index in [1.165, 1.54) is 17.1 Å². The standard InChI is InChI=1S/C31H36F3N3O5S/c1-29(2,3)27(22-11-8-12-23(17-22)36-43(40,41)25-19-37(4)20-35-25)26-24(38)18-30(42-28(26)39,15-16-31(32,33)34)14-13-21-9-6-5-7-10-21/h5-12,17,19-20,27,36,38H,13-16,18H2,1-4H3/t27?,30-/m0/s1. The number of hydrogen-bond donors (Lipinski definition) is 2. The molecule has 0 saturated heterocycles. The fourth-order valence-electron chi connectivity index (χ4n) is 5.50. The Labute approximate surface area is 249 Å². The van der Waals surface area contributed by atoms with Crippen molar-refractivity contribution in [3.63, 3.8) is 0 Å². The lowest BCUT2D eigenvalue weighted by atomic mass is 9.70. The van der Waals surface area contributed by atoms with Gasteiger partial charge in [-0.3, -0.25) is 4.72 Å². The smallest absolute Gasteiger partial charge is 0.389 e. The van der Waals surface area contributed by atoms with Gasteiger partial charge in [0.05, 0.1) is 11.9 Å². The van der Waals surface area contributed by atoms with Crippen molar-refractivity contribution in [1.29, 1.82) is 0 Å². The SMILES string of the molecule is Cn1cnc(S(=O)(=O)Nc2cccc(C(C3=C(O)C[C@](CCc4ccccc4)(CCC(F)(F)F)OC3=O)C(C)(C)C)c2)c1. The summed E-state index contributed by atoms with van der Waals surface area (Å²) in [5.74, 6) is -1.99. The molecule has 232 valence electrons. The number of aliphatic hydroxyl groups is 1. The van der Waals surface area contributed by atoms with E-state index in [2.05, 4.69) is 9.71 Å². The molecule has 43 heavy (non-hydrogen) atoms. The van der Waals surface area contributed by atoms with Crippen molar-refractivity contribution in [1.82, 2.24) is 9.55 Å². The first kappa shape index (κ1) is 32.1. The Morgan fingerprint density at radius 1 is 1.09 bits per heavy atom. The van der Waals surface area contributed by atoms with Crippen LogP contribution < -0.4 is 4.72 Å². The Hall–Kier alpha value is -3.80. The summed E-state index contributed by atoms with van der Waals surface area (Å²) in [6.07, 6.45) is -3.22. The summed E-state index contributed by atoms with van der Waals surface area (Å²) in [5.41, 5.74) is -0.685. The molecule has 12 heteroatoms. The van der Waals surface area contributed by atoms with E-state index in [-0.39, 0.29) is 34.9 Å². The lowest BCUT2D eigenvalue weighted by Crippen LogP contribution is -2.43. The third kappa shape index (κ3) is 7.98. The number of nitrogens with one attached hydrogen (secondary N) is 1. The van der Waals surface area contributed by atoms with Gasteiger partial charge in [0, 0.05) is 37.7 Å². The molecule has 0 bridgehead atoms. The Balaban J connectivity index is 1.68. The number of sulfonamides is 1. The second-order valence-electron chi connectivity index (χ2n) is 12.1. The first-order valence-corrected chi connectivity index (χ1v) is 15.3. The van der Waals surface area contributed by atoms with Crippen molar-refractivity contribution in [2.75, 3.05) is 4.72 Å². The number of aromatic nitrogens is 2. The molecule has 3 aromatic rings. The molecule has 2 atom stereocenters. The van der Waals surface area contributed by atoms with Gasteiger partial charge in [-0.25, -0.2) is 9.78 Å². The number of imidazole rings is 1. The molecule has 2 aromatic carbocycles. The van der Waals surface area contributed by atoms with Gasteiger partial charge in [0.15, 0.2) is 5.03 Å².